The lowest BCUT2D eigenvalue weighted by atomic mass is 9.97. The van der Waals surface area contributed by atoms with Crippen molar-refractivity contribution in [1.82, 2.24) is 19.7 Å². The van der Waals surface area contributed by atoms with E-state index in [1.807, 2.05) is 75.3 Å². The van der Waals surface area contributed by atoms with E-state index in [1.54, 1.807) is 17.5 Å². The third kappa shape index (κ3) is 4.25. The maximum Gasteiger partial charge on any atom is 0.278 e. The quantitative estimate of drug-likeness (QED) is 0.375. The Morgan fingerprint density at radius 2 is 1.70 bits per heavy atom. The number of benzene rings is 2. The maximum atomic E-state index is 13.4. The number of carbonyl (C=O) groups is 2. The molecule has 2 amide bonds. The Bertz CT molecular complexity index is 1450. The third-order valence-electron chi connectivity index (χ3n) is 7.54. The van der Waals surface area contributed by atoms with E-state index in [9.17, 15) is 9.59 Å². The summed E-state index contributed by atoms with van der Waals surface area (Å²) in [6, 6.07) is 18.1. The molecule has 2 aliphatic rings. The van der Waals surface area contributed by atoms with Crippen LogP contribution in [0.3, 0.4) is 0 Å². The molecule has 0 N–H and O–H groups in total. The van der Waals surface area contributed by atoms with Crippen molar-refractivity contribution in [3.63, 3.8) is 0 Å². The van der Waals surface area contributed by atoms with Gasteiger partial charge in [-0.2, -0.15) is 5.10 Å². The Morgan fingerprint density at radius 1 is 0.973 bits per heavy atom. The van der Waals surface area contributed by atoms with E-state index in [2.05, 4.69) is 18.1 Å². The molecule has 188 valence electrons. The predicted octanol–water partition coefficient (Wildman–Crippen LogP) is 5.25. The lowest BCUT2D eigenvalue weighted by molar-refractivity contribution is 0.0712. The SMILES string of the molecule is Cc1c(C(=O)N2CCC(c3nc(C(=O)N4c5ccccc5CC4C)cs3)CC2)cnn1-c1ccccc1. The number of likely N-dealkylation sites (tertiary alicyclic amines) is 1. The lowest BCUT2D eigenvalue weighted by Gasteiger charge is -2.31. The van der Waals surface area contributed by atoms with Crippen molar-refractivity contribution < 1.29 is 9.59 Å². The van der Waals surface area contributed by atoms with Crippen molar-refractivity contribution in [3.05, 3.63) is 93.7 Å². The van der Waals surface area contributed by atoms with Gasteiger partial charge in [0.25, 0.3) is 11.8 Å². The topological polar surface area (TPSA) is 71.3 Å². The number of piperidine rings is 1. The average molecular weight is 512 g/mol. The minimum Gasteiger partial charge on any atom is -0.338 e. The standard InChI is InChI=1S/C29H29N5O2S/c1-19-16-22-8-6-7-11-26(22)33(19)29(36)25-18-37-27(31-25)21-12-14-32(15-13-21)28(35)24-17-30-34(20(24)2)23-9-4-3-5-10-23/h3-11,17-19,21H,12-16H2,1-2H3. The van der Waals surface area contributed by atoms with E-state index >= 15 is 0 Å². The Balaban J connectivity index is 1.11. The summed E-state index contributed by atoms with van der Waals surface area (Å²) in [6.07, 6.45) is 4.21. The number of anilines is 1. The minimum atomic E-state index is -0.0292. The number of amides is 2. The number of carbonyl (C=O) groups excluding carboxylic acids is 2. The fourth-order valence-corrected chi connectivity index (χ4v) is 6.49. The van der Waals surface area contributed by atoms with Gasteiger partial charge in [0, 0.05) is 36.1 Å². The van der Waals surface area contributed by atoms with Crippen LogP contribution in [0.15, 0.2) is 66.2 Å². The van der Waals surface area contributed by atoms with Gasteiger partial charge in [-0.1, -0.05) is 36.4 Å². The largest absolute Gasteiger partial charge is 0.338 e. The van der Waals surface area contributed by atoms with Gasteiger partial charge >= 0.3 is 0 Å². The molecule has 2 aromatic heterocycles. The Morgan fingerprint density at radius 3 is 2.49 bits per heavy atom. The number of hydrogen-bond acceptors (Lipinski definition) is 5. The monoisotopic (exact) mass is 511 g/mol. The van der Waals surface area contributed by atoms with Gasteiger partial charge in [0.05, 0.1) is 28.1 Å². The fourth-order valence-electron chi connectivity index (χ4n) is 5.52. The molecule has 0 saturated carbocycles. The van der Waals surface area contributed by atoms with Crippen molar-refractivity contribution in [3.8, 4) is 5.69 Å². The average Bonchev–Trinajstić information content (AvgIpc) is 3.65. The Hall–Kier alpha value is -3.78. The maximum absolute atomic E-state index is 13.4. The van der Waals surface area contributed by atoms with E-state index in [0.29, 0.717) is 24.3 Å². The minimum absolute atomic E-state index is 0.0230. The zero-order chi connectivity index (χ0) is 25.5. The second-order valence-corrected chi connectivity index (χ2v) is 10.8. The molecule has 1 unspecified atom stereocenters. The third-order valence-corrected chi connectivity index (χ3v) is 8.55. The van der Waals surface area contributed by atoms with Crippen LogP contribution >= 0.6 is 11.3 Å². The summed E-state index contributed by atoms with van der Waals surface area (Å²) in [5.41, 5.74) is 5.15. The summed E-state index contributed by atoms with van der Waals surface area (Å²) >= 11 is 1.56. The molecule has 7 nitrogen and oxygen atoms in total. The van der Waals surface area contributed by atoms with Crippen molar-refractivity contribution in [2.45, 2.75) is 45.1 Å². The van der Waals surface area contributed by atoms with Crippen molar-refractivity contribution >= 4 is 28.8 Å². The van der Waals surface area contributed by atoms with Crippen LogP contribution in [0.5, 0.6) is 0 Å². The van der Waals surface area contributed by atoms with Crippen LogP contribution in [0.25, 0.3) is 5.69 Å². The predicted molar refractivity (Wildman–Crippen MR) is 145 cm³/mol. The normalized spacial score (nSPS) is 17.7. The Kier molecular flexibility index (Phi) is 6.12. The summed E-state index contributed by atoms with van der Waals surface area (Å²) in [7, 11) is 0. The van der Waals surface area contributed by atoms with E-state index in [0.717, 1.165) is 41.3 Å². The molecule has 0 aliphatic carbocycles. The van der Waals surface area contributed by atoms with Crippen LogP contribution in [0.4, 0.5) is 5.69 Å². The van der Waals surface area contributed by atoms with Gasteiger partial charge in [-0.05, 0) is 56.9 Å². The lowest BCUT2D eigenvalue weighted by Crippen LogP contribution is -2.38. The first-order valence-corrected chi connectivity index (χ1v) is 13.7. The highest BCUT2D eigenvalue weighted by Crippen LogP contribution is 2.35. The molecule has 37 heavy (non-hydrogen) atoms. The summed E-state index contributed by atoms with van der Waals surface area (Å²) in [4.78, 5) is 35.2. The molecule has 4 heterocycles. The van der Waals surface area contributed by atoms with Gasteiger partial charge in [0.1, 0.15) is 5.69 Å². The highest BCUT2D eigenvalue weighted by molar-refractivity contribution is 7.10. The Labute approximate surface area is 220 Å². The van der Waals surface area contributed by atoms with Gasteiger partial charge in [-0.25, -0.2) is 9.67 Å². The van der Waals surface area contributed by atoms with E-state index in [1.165, 1.54) is 5.56 Å². The smallest absolute Gasteiger partial charge is 0.278 e. The number of para-hydroxylation sites is 2. The molecule has 0 spiro atoms. The number of hydrogen-bond donors (Lipinski definition) is 0. The highest BCUT2D eigenvalue weighted by atomic mass is 32.1. The molecule has 2 aromatic carbocycles. The molecular formula is C29H29N5O2S. The number of fused-ring (bicyclic) bond motifs is 1. The van der Waals surface area contributed by atoms with Gasteiger partial charge in [-0.3, -0.25) is 9.59 Å². The van der Waals surface area contributed by atoms with Gasteiger partial charge < -0.3 is 9.80 Å². The molecule has 6 rings (SSSR count). The molecule has 0 radical (unpaired) electrons. The summed E-state index contributed by atoms with van der Waals surface area (Å²) in [5.74, 6) is 0.250. The molecule has 8 heteroatoms. The fraction of sp³-hybridized carbons (Fsp3) is 0.310. The number of aromatic nitrogens is 3. The molecule has 1 fully saturated rings. The van der Waals surface area contributed by atoms with Crippen LogP contribution in [-0.4, -0.2) is 50.6 Å². The second-order valence-electron chi connectivity index (χ2n) is 9.89. The molecule has 4 aromatic rings. The van der Waals surface area contributed by atoms with E-state index in [-0.39, 0.29) is 23.8 Å². The molecule has 2 aliphatic heterocycles. The molecule has 1 saturated heterocycles. The summed E-state index contributed by atoms with van der Waals surface area (Å²) < 4.78 is 1.81. The van der Waals surface area contributed by atoms with Gasteiger partial charge in [0.15, 0.2) is 0 Å². The first-order chi connectivity index (χ1) is 18.0. The van der Waals surface area contributed by atoms with Crippen molar-refractivity contribution in [1.29, 1.82) is 0 Å². The van der Waals surface area contributed by atoms with Crippen LogP contribution < -0.4 is 4.90 Å². The number of thiazole rings is 1. The zero-order valence-electron chi connectivity index (χ0n) is 21.0. The second kappa shape index (κ2) is 9.59. The summed E-state index contributed by atoms with van der Waals surface area (Å²) in [6.45, 7) is 5.36. The number of nitrogens with zero attached hydrogens (tertiary/aromatic N) is 5. The van der Waals surface area contributed by atoms with E-state index < -0.39 is 0 Å². The van der Waals surface area contributed by atoms with Crippen molar-refractivity contribution in [2.75, 3.05) is 18.0 Å². The molecule has 1 atom stereocenters. The molecular weight excluding hydrogens is 482 g/mol. The van der Waals surface area contributed by atoms with Gasteiger partial charge in [-0.15, -0.1) is 11.3 Å². The summed E-state index contributed by atoms with van der Waals surface area (Å²) in [5, 5.41) is 7.34. The highest BCUT2D eigenvalue weighted by Gasteiger charge is 2.33. The van der Waals surface area contributed by atoms with Crippen LogP contribution in [0, 0.1) is 6.92 Å². The number of rotatable bonds is 4. The van der Waals surface area contributed by atoms with Crippen LogP contribution in [-0.2, 0) is 6.42 Å². The zero-order valence-corrected chi connectivity index (χ0v) is 21.8. The van der Waals surface area contributed by atoms with Crippen LogP contribution in [0.2, 0.25) is 0 Å². The van der Waals surface area contributed by atoms with Crippen LogP contribution in [0.1, 0.15) is 62.8 Å². The first-order valence-electron chi connectivity index (χ1n) is 12.8. The molecule has 0 bridgehead atoms. The van der Waals surface area contributed by atoms with Crippen molar-refractivity contribution in [2.24, 2.45) is 0 Å². The van der Waals surface area contributed by atoms with E-state index in [4.69, 9.17) is 4.98 Å². The van der Waals surface area contributed by atoms with Gasteiger partial charge in [0.2, 0.25) is 0 Å². The first kappa shape index (κ1) is 23.6.